The molecule has 0 saturated carbocycles. The van der Waals surface area contributed by atoms with Crippen LogP contribution in [0.1, 0.15) is 21.7 Å². The van der Waals surface area contributed by atoms with E-state index in [0.29, 0.717) is 22.6 Å². The van der Waals surface area contributed by atoms with E-state index < -0.39 is 11.7 Å². The first kappa shape index (κ1) is 18.7. The van der Waals surface area contributed by atoms with Crippen LogP contribution in [-0.2, 0) is 6.18 Å². The molecule has 0 saturated heterocycles. The van der Waals surface area contributed by atoms with Crippen LogP contribution in [0.3, 0.4) is 0 Å². The van der Waals surface area contributed by atoms with Gasteiger partial charge in [-0.05, 0) is 47.2 Å². The van der Waals surface area contributed by atoms with Gasteiger partial charge < -0.3 is 4.42 Å². The van der Waals surface area contributed by atoms with Crippen LogP contribution in [0.15, 0.2) is 89.4 Å². The van der Waals surface area contributed by atoms with Crippen LogP contribution in [0.2, 0.25) is 0 Å². The molecule has 144 valence electrons. The highest BCUT2D eigenvalue weighted by Crippen LogP contribution is 2.32. The Morgan fingerprint density at radius 3 is 2.45 bits per heavy atom. The molecular formula is C24H15F3O2. The molecule has 0 radical (unpaired) electrons. The molecule has 0 atom stereocenters. The van der Waals surface area contributed by atoms with Crippen molar-refractivity contribution in [2.45, 2.75) is 6.18 Å². The van der Waals surface area contributed by atoms with E-state index in [1.165, 1.54) is 18.2 Å². The maximum absolute atomic E-state index is 12.9. The topological polar surface area (TPSA) is 30.2 Å². The van der Waals surface area contributed by atoms with Crippen molar-refractivity contribution in [3.05, 3.63) is 102 Å². The molecule has 1 aromatic heterocycles. The van der Waals surface area contributed by atoms with Crippen LogP contribution in [0.4, 0.5) is 13.2 Å². The van der Waals surface area contributed by atoms with Gasteiger partial charge in [-0.3, -0.25) is 4.79 Å². The minimum absolute atomic E-state index is 0.182. The highest BCUT2D eigenvalue weighted by Gasteiger charge is 2.30. The number of alkyl halides is 3. The third-order valence-corrected chi connectivity index (χ3v) is 4.56. The van der Waals surface area contributed by atoms with Crippen molar-refractivity contribution in [2.75, 3.05) is 0 Å². The third kappa shape index (κ3) is 3.99. The van der Waals surface area contributed by atoms with E-state index in [1.807, 2.05) is 36.4 Å². The normalized spacial score (nSPS) is 12.0. The second kappa shape index (κ2) is 7.43. The molecule has 0 aliphatic heterocycles. The molecule has 0 bridgehead atoms. The Morgan fingerprint density at radius 1 is 0.862 bits per heavy atom. The molecule has 0 unspecified atom stereocenters. The minimum Gasteiger partial charge on any atom is -0.457 e. The average molecular weight is 392 g/mol. The summed E-state index contributed by atoms with van der Waals surface area (Å²) >= 11 is 0. The zero-order valence-corrected chi connectivity index (χ0v) is 15.1. The van der Waals surface area contributed by atoms with Crippen molar-refractivity contribution in [1.82, 2.24) is 0 Å². The number of benzene rings is 3. The lowest BCUT2D eigenvalue weighted by molar-refractivity contribution is -0.137. The number of fused-ring (bicyclic) bond motifs is 1. The molecule has 0 aliphatic rings. The second-order valence-electron chi connectivity index (χ2n) is 6.50. The first-order valence-corrected chi connectivity index (χ1v) is 8.89. The van der Waals surface area contributed by atoms with Crippen LogP contribution in [-0.4, -0.2) is 5.78 Å². The summed E-state index contributed by atoms with van der Waals surface area (Å²) in [5.41, 5.74) is 0.151. The molecule has 4 rings (SSSR count). The predicted octanol–water partition coefficient (Wildman–Crippen LogP) is 7.01. The highest BCUT2D eigenvalue weighted by atomic mass is 19.4. The van der Waals surface area contributed by atoms with E-state index in [1.54, 1.807) is 24.3 Å². The molecule has 0 N–H and O–H groups in total. The van der Waals surface area contributed by atoms with E-state index in [4.69, 9.17) is 4.42 Å². The van der Waals surface area contributed by atoms with Gasteiger partial charge in [-0.2, -0.15) is 13.2 Å². The van der Waals surface area contributed by atoms with Gasteiger partial charge in [0.15, 0.2) is 5.78 Å². The fourth-order valence-electron chi connectivity index (χ4n) is 3.13. The molecule has 29 heavy (non-hydrogen) atoms. The van der Waals surface area contributed by atoms with E-state index in [0.717, 1.165) is 22.9 Å². The van der Waals surface area contributed by atoms with Crippen molar-refractivity contribution in [3.63, 3.8) is 0 Å². The quantitative estimate of drug-likeness (QED) is 0.276. The smallest absolute Gasteiger partial charge is 0.416 e. The molecule has 5 heteroatoms. The number of allylic oxidation sites excluding steroid dienone is 1. The van der Waals surface area contributed by atoms with Gasteiger partial charge in [0, 0.05) is 11.1 Å². The molecule has 2 nitrogen and oxygen atoms in total. The largest absolute Gasteiger partial charge is 0.457 e. The number of hydrogen-bond acceptors (Lipinski definition) is 2. The summed E-state index contributed by atoms with van der Waals surface area (Å²) in [6.45, 7) is 0. The lowest BCUT2D eigenvalue weighted by Gasteiger charge is -2.07. The Kier molecular flexibility index (Phi) is 4.80. The summed E-state index contributed by atoms with van der Waals surface area (Å²) in [4.78, 5) is 12.6. The Hall–Kier alpha value is -3.60. The Morgan fingerprint density at radius 2 is 1.62 bits per heavy atom. The zero-order valence-electron chi connectivity index (χ0n) is 15.1. The van der Waals surface area contributed by atoms with Gasteiger partial charge >= 0.3 is 6.18 Å². The van der Waals surface area contributed by atoms with Crippen LogP contribution in [0.25, 0.3) is 28.2 Å². The highest BCUT2D eigenvalue weighted by molar-refractivity contribution is 6.14. The van der Waals surface area contributed by atoms with E-state index >= 15 is 0 Å². The fourth-order valence-corrected chi connectivity index (χ4v) is 3.13. The predicted molar refractivity (Wildman–Crippen MR) is 106 cm³/mol. The van der Waals surface area contributed by atoms with Crippen LogP contribution < -0.4 is 0 Å². The maximum Gasteiger partial charge on any atom is 0.416 e. The van der Waals surface area contributed by atoms with Crippen molar-refractivity contribution >= 4 is 22.6 Å². The number of ketones is 1. The SMILES string of the molecule is O=C(C=Cc1ccc(-c2cccc(C(F)(F)F)c2)o1)c1cccc2ccccc12. The van der Waals surface area contributed by atoms with Crippen molar-refractivity contribution in [3.8, 4) is 11.3 Å². The molecule has 1 heterocycles. The van der Waals surface area contributed by atoms with E-state index in [-0.39, 0.29) is 5.78 Å². The van der Waals surface area contributed by atoms with Gasteiger partial charge in [-0.25, -0.2) is 0 Å². The Bertz CT molecular complexity index is 1210. The van der Waals surface area contributed by atoms with Crippen LogP contribution in [0.5, 0.6) is 0 Å². The summed E-state index contributed by atoms with van der Waals surface area (Å²) in [6, 6.07) is 21.2. The summed E-state index contributed by atoms with van der Waals surface area (Å²) in [5.74, 6) is 0.498. The molecule has 0 aliphatic carbocycles. The van der Waals surface area contributed by atoms with E-state index in [9.17, 15) is 18.0 Å². The molecule has 4 aromatic rings. The summed E-state index contributed by atoms with van der Waals surface area (Å²) < 4.78 is 44.3. The number of rotatable bonds is 4. The van der Waals surface area contributed by atoms with Crippen molar-refractivity contribution in [1.29, 1.82) is 0 Å². The first-order chi connectivity index (χ1) is 13.9. The number of carbonyl (C=O) groups excluding carboxylic acids is 1. The second-order valence-corrected chi connectivity index (χ2v) is 6.50. The van der Waals surface area contributed by atoms with E-state index in [2.05, 4.69) is 0 Å². The average Bonchev–Trinajstić information content (AvgIpc) is 3.20. The summed E-state index contributed by atoms with van der Waals surface area (Å²) in [7, 11) is 0. The number of furan rings is 1. The van der Waals surface area contributed by atoms with Crippen LogP contribution >= 0.6 is 0 Å². The lowest BCUT2D eigenvalue weighted by atomic mass is 10.0. The van der Waals surface area contributed by atoms with Crippen LogP contribution in [0, 0.1) is 0 Å². The van der Waals surface area contributed by atoms with Gasteiger partial charge in [0.25, 0.3) is 0 Å². The molecule has 0 fully saturated rings. The van der Waals surface area contributed by atoms with Gasteiger partial charge in [0.05, 0.1) is 5.56 Å². The maximum atomic E-state index is 12.9. The number of hydrogen-bond donors (Lipinski definition) is 0. The standard InChI is InChI=1S/C24H15F3O2/c25-24(26,27)18-8-3-7-17(15-18)23-14-12-19(29-23)11-13-22(28)21-10-4-6-16-5-1-2-9-20(16)21/h1-15H. The Labute approximate surface area is 164 Å². The minimum atomic E-state index is -4.42. The van der Waals surface area contributed by atoms with Gasteiger partial charge in [-0.15, -0.1) is 0 Å². The third-order valence-electron chi connectivity index (χ3n) is 4.56. The van der Waals surface area contributed by atoms with Gasteiger partial charge in [0.1, 0.15) is 11.5 Å². The molecular weight excluding hydrogens is 377 g/mol. The first-order valence-electron chi connectivity index (χ1n) is 8.89. The number of halogens is 3. The van der Waals surface area contributed by atoms with Gasteiger partial charge in [0.2, 0.25) is 0 Å². The van der Waals surface area contributed by atoms with Gasteiger partial charge in [-0.1, -0.05) is 54.6 Å². The summed E-state index contributed by atoms with van der Waals surface area (Å²) in [5, 5.41) is 1.82. The summed E-state index contributed by atoms with van der Waals surface area (Å²) in [6.07, 6.45) is -1.51. The Balaban J connectivity index is 1.58. The van der Waals surface area contributed by atoms with Crippen molar-refractivity contribution in [2.24, 2.45) is 0 Å². The number of carbonyl (C=O) groups is 1. The molecule has 0 spiro atoms. The molecule has 3 aromatic carbocycles. The zero-order chi connectivity index (χ0) is 20.4. The molecule has 0 amide bonds. The lowest BCUT2D eigenvalue weighted by Crippen LogP contribution is -2.04. The monoisotopic (exact) mass is 392 g/mol. The fraction of sp³-hybridized carbons (Fsp3) is 0.0417. The van der Waals surface area contributed by atoms with Crippen molar-refractivity contribution < 1.29 is 22.4 Å².